The number of aromatic nitrogens is 2. The van der Waals surface area contributed by atoms with E-state index in [-0.39, 0.29) is 0 Å². The lowest BCUT2D eigenvalue weighted by molar-refractivity contribution is 0.280. The lowest BCUT2D eigenvalue weighted by Crippen LogP contribution is -2.34. The summed E-state index contributed by atoms with van der Waals surface area (Å²) < 4.78 is 1.95. The zero-order valence-corrected chi connectivity index (χ0v) is 12.8. The van der Waals surface area contributed by atoms with Gasteiger partial charge >= 0.3 is 0 Å². The Morgan fingerprint density at radius 1 is 1.19 bits per heavy atom. The van der Waals surface area contributed by atoms with Crippen LogP contribution in [0.3, 0.4) is 0 Å². The van der Waals surface area contributed by atoms with Crippen molar-refractivity contribution in [1.29, 1.82) is 0 Å². The molecule has 1 aromatic carbocycles. The molecule has 0 saturated heterocycles. The van der Waals surface area contributed by atoms with Crippen LogP contribution in [0.15, 0.2) is 42.7 Å². The Balaban J connectivity index is 1.55. The molecule has 0 radical (unpaired) electrons. The molecule has 2 aromatic rings. The molecule has 0 aliphatic heterocycles. The van der Waals surface area contributed by atoms with Gasteiger partial charge in [0.15, 0.2) is 0 Å². The Bertz CT molecular complexity index is 541. The van der Waals surface area contributed by atoms with Crippen molar-refractivity contribution in [1.82, 2.24) is 15.1 Å². The van der Waals surface area contributed by atoms with Gasteiger partial charge < -0.3 is 5.32 Å². The number of nitrogens with one attached hydrogen (secondary N) is 1. The maximum atomic E-state index is 4.45. The first-order chi connectivity index (χ1) is 10.3. The summed E-state index contributed by atoms with van der Waals surface area (Å²) in [6.45, 7) is 3.24. The van der Waals surface area contributed by atoms with Crippen molar-refractivity contribution in [2.45, 2.75) is 51.6 Å². The Hall–Kier alpha value is -1.61. The van der Waals surface area contributed by atoms with Gasteiger partial charge in [0, 0.05) is 24.3 Å². The molecule has 1 saturated carbocycles. The van der Waals surface area contributed by atoms with Crippen LogP contribution in [0.4, 0.5) is 0 Å². The third kappa shape index (κ3) is 3.73. The first-order valence-corrected chi connectivity index (χ1v) is 8.15. The van der Waals surface area contributed by atoms with Gasteiger partial charge in [-0.25, -0.2) is 4.68 Å². The molecule has 21 heavy (non-hydrogen) atoms. The van der Waals surface area contributed by atoms with Crippen LogP contribution in [-0.4, -0.2) is 15.8 Å². The van der Waals surface area contributed by atoms with E-state index in [9.17, 15) is 0 Å². The Kier molecular flexibility index (Phi) is 4.71. The molecule has 1 aliphatic rings. The third-order valence-electron chi connectivity index (χ3n) is 4.64. The Morgan fingerprint density at radius 2 is 1.95 bits per heavy atom. The van der Waals surface area contributed by atoms with Gasteiger partial charge in [-0.3, -0.25) is 0 Å². The number of benzene rings is 1. The lowest BCUT2D eigenvalue weighted by Gasteiger charge is -2.28. The molecule has 1 N–H and O–H groups in total. The summed E-state index contributed by atoms with van der Waals surface area (Å²) in [5, 5.41) is 8.13. The van der Waals surface area contributed by atoms with Crippen molar-refractivity contribution in [2.75, 3.05) is 0 Å². The minimum atomic E-state index is 0.602. The maximum Gasteiger partial charge on any atom is 0.0645 e. The predicted octanol–water partition coefficient (Wildman–Crippen LogP) is 3.93. The van der Waals surface area contributed by atoms with Crippen molar-refractivity contribution in [2.24, 2.45) is 5.92 Å². The second-order valence-electron chi connectivity index (χ2n) is 6.20. The van der Waals surface area contributed by atoms with E-state index in [0.29, 0.717) is 6.04 Å². The van der Waals surface area contributed by atoms with Gasteiger partial charge in [0.2, 0.25) is 0 Å². The van der Waals surface area contributed by atoms with Crippen molar-refractivity contribution in [3.63, 3.8) is 0 Å². The van der Waals surface area contributed by atoms with Crippen LogP contribution in [0.5, 0.6) is 0 Å². The third-order valence-corrected chi connectivity index (χ3v) is 4.64. The van der Waals surface area contributed by atoms with Crippen molar-refractivity contribution in [3.8, 4) is 5.69 Å². The zero-order valence-electron chi connectivity index (χ0n) is 12.8. The average Bonchev–Trinajstić information content (AvgIpc) is 3.03. The number of hydrogen-bond acceptors (Lipinski definition) is 2. The summed E-state index contributed by atoms with van der Waals surface area (Å²) in [6.07, 6.45) is 11.1. The fourth-order valence-electron chi connectivity index (χ4n) is 3.25. The van der Waals surface area contributed by atoms with Crippen LogP contribution < -0.4 is 5.32 Å². The highest BCUT2D eigenvalue weighted by Crippen LogP contribution is 2.26. The number of para-hydroxylation sites is 1. The summed E-state index contributed by atoms with van der Waals surface area (Å²) in [5.41, 5.74) is 2.37. The first kappa shape index (κ1) is 14.3. The summed E-state index contributed by atoms with van der Waals surface area (Å²) in [4.78, 5) is 0. The van der Waals surface area contributed by atoms with E-state index in [1.54, 1.807) is 0 Å². The summed E-state index contributed by atoms with van der Waals surface area (Å²) >= 11 is 0. The summed E-state index contributed by atoms with van der Waals surface area (Å²) in [7, 11) is 0. The highest BCUT2D eigenvalue weighted by Gasteiger charge is 2.19. The molecule has 0 bridgehead atoms. The highest BCUT2D eigenvalue weighted by molar-refractivity contribution is 5.30. The highest BCUT2D eigenvalue weighted by atomic mass is 15.3. The van der Waals surface area contributed by atoms with Gasteiger partial charge in [0.05, 0.1) is 11.9 Å². The molecule has 3 heteroatoms. The first-order valence-electron chi connectivity index (χ1n) is 8.15. The molecule has 0 unspecified atom stereocenters. The van der Waals surface area contributed by atoms with E-state index in [2.05, 4.69) is 35.7 Å². The topological polar surface area (TPSA) is 29.9 Å². The molecule has 1 aliphatic carbocycles. The Morgan fingerprint density at radius 3 is 2.71 bits per heavy atom. The molecule has 3 rings (SSSR count). The van der Waals surface area contributed by atoms with E-state index in [4.69, 9.17) is 0 Å². The van der Waals surface area contributed by atoms with Crippen LogP contribution in [0.25, 0.3) is 5.69 Å². The normalized spacial score (nSPS) is 17.8. The largest absolute Gasteiger partial charge is 0.310 e. The van der Waals surface area contributed by atoms with Gasteiger partial charge in [0.1, 0.15) is 0 Å². The van der Waals surface area contributed by atoms with Crippen molar-refractivity contribution in [3.05, 3.63) is 48.3 Å². The fourth-order valence-corrected chi connectivity index (χ4v) is 3.25. The Labute approximate surface area is 127 Å². The lowest BCUT2D eigenvalue weighted by atomic mass is 9.84. The van der Waals surface area contributed by atoms with Crippen LogP contribution in [-0.2, 0) is 6.54 Å². The molecule has 112 valence electrons. The smallest absolute Gasteiger partial charge is 0.0645 e. The van der Waals surface area contributed by atoms with Crippen LogP contribution in [0, 0.1) is 5.92 Å². The molecular formula is C18H25N3. The second-order valence-corrected chi connectivity index (χ2v) is 6.20. The molecule has 1 heterocycles. The van der Waals surface area contributed by atoms with Crippen molar-refractivity contribution >= 4 is 0 Å². The second kappa shape index (κ2) is 6.90. The fraction of sp³-hybridized carbons (Fsp3) is 0.500. The minimum absolute atomic E-state index is 0.602. The van der Waals surface area contributed by atoms with Gasteiger partial charge in [-0.2, -0.15) is 5.10 Å². The summed E-state index contributed by atoms with van der Waals surface area (Å²) in [5.74, 6) is 0.850. The molecule has 0 spiro atoms. The van der Waals surface area contributed by atoms with E-state index in [1.807, 2.05) is 29.1 Å². The standard InChI is InChI=1S/C18H25N3/c1-15(17-8-4-2-5-9-17)19-12-16-13-20-21(14-16)18-10-6-3-7-11-18/h3,6-7,10-11,13-15,17,19H,2,4-5,8-9,12H2,1H3/t15-/m1/s1. The van der Waals surface area contributed by atoms with Crippen LogP contribution >= 0.6 is 0 Å². The molecule has 1 aromatic heterocycles. The van der Waals surface area contributed by atoms with Gasteiger partial charge in [-0.1, -0.05) is 37.5 Å². The van der Waals surface area contributed by atoms with E-state index in [0.717, 1.165) is 18.2 Å². The molecule has 3 nitrogen and oxygen atoms in total. The molecule has 1 fully saturated rings. The predicted molar refractivity (Wildman–Crippen MR) is 86.4 cm³/mol. The SMILES string of the molecule is C[C@@H](NCc1cnn(-c2ccccc2)c1)C1CCCCC1. The quantitative estimate of drug-likeness (QED) is 0.901. The number of hydrogen-bond donors (Lipinski definition) is 1. The molecule has 1 atom stereocenters. The van der Waals surface area contributed by atoms with Crippen LogP contribution in [0.2, 0.25) is 0 Å². The van der Waals surface area contributed by atoms with E-state index < -0.39 is 0 Å². The maximum absolute atomic E-state index is 4.45. The average molecular weight is 283 g/mol. The number of rotatable bonds is 5. The van der Waals surface area contributed by atoms with Crippen LogP contribution in [0.1, 0.15) is 44.6 Å². The van der Waals surface area contributed by atoms with E-state index in [1.165, 1.54) is 37.7 Å². The molecular weight excluding hydrogens is 258 g/mol. The van der Waals surface area contributed by atoms with Gasteiger partial charge in [0.25, 0.3) is 0 Å². The van der Waals surface area contributed by atoms with E-state index >= 15 is 0 Å². The molecule has 0 amide bonds. The van der Waals surface area contributed by atoms with Gasteiger partial charge in [-0.05, 0) is 37.8 Å². The minimum Gasteiger partial charge on any atom is -0.310 e. The van der Waals surface area contributed by atoms with Gasteiger partial charge in [-0.15, -0.1) is 0 Å². The number of nitrogens with zero attached hydrogens (tertiary/aromatic N) is 2. The monoisotopic (exact) mass is 283 g/mol. The zero-order chi connectivity index (χ0) is 14.5. The summed E-state index contributed by atoms with van der Waals surface area (Å²) in [6, 6.07) is 10.9. The van der Waals surface area contributed by atoms with Crippen molar-refractivity contribution < 1.29 is 0 Å².